The largest absolute Gasteiger partial charge is 0.467 e. The molecule has 0 bridgehead atoms. The lowest BCUT2D eigenvalue weighted by atomic mass is 10.0. The Labute approximate surface area is 158 Å². The lowest BCUT2D eigenvalue weighted by Gasteiger charge is -2.33. The van der Waals surface area contributed by atoms with Crippen LogP contribution in [0, 0.1) is 0 Å². The monoisotopic (exact) mass is 392 g/mol. The minimum absolute atomic E-state index is 0.205. The molecule has 0 heterocycles. The maximum absolute atomic E-state index is 11.7. The average Bonchev–Trinajstić information content (AvgIpc) is 2.58. The van der Waals surface area contributed by atoms with Crippen LogP contribution in [-0.4, -0.2) is 73.7 Å². The Morgan fingerprint density at radius 1 is 0.889 bits per heavy atom. The van der Waals surface area contributed by atoms with Crippen LogP contribution in [0.5, 0.6) is 0 Å². The number of hydrogen-bond donors (Lipinski definition) is 1. The second-order valence-corrected chi connectivity index (χ2v) is 5.69. The molecular weight excluding hydrogens is 364 g/mol. The Bertz CT molecular complexity index is 504. The van der Waals surface area contributed by atoms with E-state index in [1.165, 1.54) is 0 Å². The molecule has 156 valence electrons. The van der Waals surface area contributed by atoms with Gasteiger partial charge < -0.3 is 28.8 Å². The Morgan fingerprint density at radius 3 is 1.85 bits per heavy atom. The molecule has 0 aromatic carbocycles. The first-order valence-electron chi connectivity index (χ1n) is 8.49. The van der Waals surface area contributed by atoms with E-state index in [9.17, 15) is 24.3 Å². The van der Waals surface area contributed by atoms with Crippen LogP contribution in [0.25, 0.3) is 0 Å². The van der Waals surface area contributed by atoms with E-state index in [-0.39, 0.29) is 6.61 Å². The number of carbonyl (C=O) groups is 4. The lowest BCUT2D eigenvalue weighted by Crippen LogP contribution is -2.54. The standard InChI is InChI=1S/C17H28O10/c1-6-7-8-24-9-13(25-10(2)18)15(26-11(3)19)16(27-12(4)20)14(21)17(22)23-5/h13-16,21H,6-9H2,1-5H3/t13-,14-,15+,16+/m0/s1. The highest BCUT2D eigenvalue weighted by Gasteiger charge is 2.44. The zero-order valence-electron chi connectivity index (χ0n) is 16.3. The highest BCUT2D eigenvalue weighted by Crippen LogP contribution is 2.19. The van der Waals surface area contributed by atoms with Crippen molar-refractivity contribution < 1.29 is 48.0 Å². The van der Waals surface area contributed by atoms with Crippen molar-refractivity contribution in [2.75, 3.05) is 20.3 Å². The van der Waals surface area contributed by atoms with Crippen LogP contribution in [0.15, 0.2) is 0 Å². The summed E-state index contributed by atoms with van der Waals surface area (Å²) in [4.78, 5) is 46.2. The Kier molecular flexibility index (Phi) is 12.0. The summed E-state index contributed by atoms with van der Waals surface area (Å²) in [5, 5.41) is 10.2. The maximum Gasteiger partial charge on any atom is 0.338 e. The number of aliphatic hydroxyl groups is 1. The second kappa shape index (κ2) is 13.0. The van der Waals surface area contributed by atoms with Crippen molar-refractivity contribution in [1.29, 1.82) is 0 Å². The molecule has 0 amide bonds. The third-order valence-corrected chi connectivity index (χ3v) is 3.29. The summed E-state index contributed by atoms with van der Waals surface area (Å²) in [6.45, 7) is 5.34. The number of methoxy groups -OCH3 is 1. The fraction of sp³-hybridized carbons (Fsp3) is 0.765. The quantitative estimate of drug-likeness (QED) is 0.277. The number of rotatable bonds is 12. The number of aliphatic hydroxyl groups excluding tert-OH is 1. The van der Waals surface area contributed by atoms with Crippen molar-refractivity contribution in [3.05, 3.63) is 0 Å². The molecule has 0 aliphatic rings. The summed E-state index contributed by atoms with van der Waals surface area (Å²) in [7, 11) is 1.02. The molecule has 0 aromatic rings. The van der Waals surface area contributed by atoms with E-state index in [4.69, 9.17) is 18.9 Å². The van der Waals surface area contributed by atoms with Gasteiger partial charge in [0.1, 0.15) is 0 Å². The molecule has 0 unspecified atom stereocenters. The highest BCUT2D eigenvalue weighted by molar-refractivity contribution is 5.76. The Hall–Kier alpha value is -2.20. The number of esters is 4. The molecule has 0 aliphatic carbocycles. The first kappa shape index (κ1) is 24.8. The molecule has 4 atom stereocenters. The second-order valence-electron chi connectivity index (χ2n) is 5.69. The number of ether oxygens (including phenoxy) is 5. The van der Waals surface area contributed by atoms with Crippen LogP contribution in [0.1, 0.15) is 40.5 Å². The van der Waals surface area contributed by atoms with Crippen molar-refractivity contribution >= 4 is 23.9 Å². The van der Waals surface area contributed by atoms with Gasteiger partial charge in [-0.05, 0) is 6.42 Å². The minimum atomic E-state index is -1.98. The third kappa shape index (κ3) is 9.90. The number of hydrogen-bond acceptors (Lipinski definition) is 10. The predicted octanol–water partition coefficient (Wildman–Crippen LogP) is 0.132. The molecule has 1 N–H and O–H groups in total. The topological polar surface area (TPSA) is 135 Å². The van der Waals surface area contributed by atoms with Crippen molar-refractivity contribution in [3.63, 3.8) is 0 Å². The zero-order chi connectivity index (χ0) is 21.0. The normalized spacial score (nSPS) is 15.0. The van der Waals surface area contributed by atoms with E-state index in [0.29, 0.717) is 6.61 Å². The SMILES string of the molecule is CCCCOC[C@H](OC(C)=O)[C@@H](OC(C)=O)[C@H](OC(C)=O)[C@H](O)C(=O)OC. The van der Waals surface area contributed by atoms with Gasteiger partial charge in [0.25, 0.3) is 0 Å². The van der Waals surface area contributed by atoms with E-state index >= 15 is 0 Å². The van der Waals surface area contributed by atoms with Crippen molar-refractivity contribution in [2.24, 2.45) is 0 Å². The van der Waals surface area contributed by atoms with Crippen LogP contribution in [0.4, 0.5) is 0 Å². The predicted molar refractivity (Wildman–Crippen MR) is 90.4 cm³/mol. The Balaban J connectivity index is 5.72. The molecule has 0 saturated heterocycles. The highest BCUT2D eigenvalue weighted by atomic mass is 16.6. The molecule has 0 rings (SSSR count). The van der Waals surface area contributed by atoms with Gasteiger partial charge in [-0.15, -0.1) is 0 Å². The van der Waals surface area contributed by atoms with Crippen LogP contribution in [-0.2, 0) is 42.9 Å². The van der Waals surface area contributed by atoms with Crippen LogP contribution in [0.3, 0.4) is 0 Å². The van der Waals surface area contributed by atoms with E-state index in [1.54, 1.807) is 0 Å². The summed E-state index contributed by atoms with van der Waals surface area (Å²) in [6.07, 6.45) is -4.76. The van der Waals surface area contributed by atoms with Gasteiger partial charge in [-0.3, -0.25) is 14.4 Å². The summed E-state index contributed by atoms with van der Waals surface area (Å²) < 4.78 is 25.1. The van der Waals surface area contributed by atoms with E-state index in [1.807, 2.05) is 6.92 Å². The molecule has 0 aliphatic heterocycles. The van der Waals surface area contributed by atoms with Gasteiger partial charge in [0.15, 0.2) is 24.4 Å². The minimum Gasteiger partial charge on any atom is -0.467 e. The molecule has 0 fully saturated rings. The van der Waals surface area contributed by atoms with Crippen LogP contribution >= 0.6 is 0 Å². The summed E-state index contributed by atoms with van der Waals surface area (Å²) >= 11 is 0. The number of carbonyl (C=O) groups excluding carboxylic acids is 4. The zero-order valence-corrected chi connectivity index (χ0v) is 16.3. The average molecular weight is 392 g/mol. The summed E-state index contributed by atoms with van der Waals surface area (Å²) in [5.41, 5.74) is 0. The van der Waals surface area contributed by atoms with Gasteiger partial charge in [-0.1, -0.05) is 13.3 Å². The van der Waals surface area contributed by atoms with Gasteiger partial charge in [0.2, 0.25) is 0 Å². The Morgan fingerprint density at radius 2 is 1.41 bits per heavy atom. The molecule has 27 heavy (non-hydrogen) atoms. The molecular formula is C17H28O10. The molecule has 0 radical (unpaired) electrons. The fourth-order valence-electron chi connectivity index (χ4n) is 2.16. The number of unbranched alkanes of at least 4 members (excludes halogenated alkanes) is 1. The molecule has 0 aromatic heterocycles. The van der Waals surface area contributed by atoms with Crippen LogP contribution < -0.4 is 0 Å². The smallest absolute Gasteiger partial charge is 0.338 e. The van der Waals surface area contributed by atoms with Crippen LogP contribution in [0.2, 0.25) is 0 Å². The van der Waals surface area contributed by atoms with Crippen molar-refractivity contribution in [2.45, 2.75) is 65.0 Å². The first-order valence-corrected chi connectivity index (χ1v) is 8.49. The van der Waals surface area contributed by atoms with Gasteiger partial charge >= 0.3 is 23.9 Å². The molecule has 10 nitrogen and oxygen atoms in total. The van der Waals surface area contributed by atoms with Gasteiger partial charge in [0.05, 0.1) is 13.7 Å². The summed E-state index contributed by atoms with van der Waals surface area (Å²) in [5.74, 6) is -3.49. The maximum atomic E-state index is 11.7. The molecule has 10 heteroatoms. The first-order chi connectivity index (χ1) is 12.6. The van der Waals surface area contributed by atoms with E-state index < -0.39 is 48.3 Å². The van der Waals surface area contributed by atoms with Gasteiger partial charge in [0, 0.05) is 27.4 Å². The lowest BCUT2D eigenvalue weighted by molar-refractivity contribution is -0.201. The van der Waals surface area contributed by atoms with Gasteiger partial charge in [-0.25, -0.2) is 4.79 Å². The van der Waals surface area contributed by atoms with Gasteiger partial charge in [-0.2, -0.15) is 0 Å². The van der Waals surface area contributed by atoms with E-state index in [0.717, 1.165) is 40.7 Å². The summed E-state index contributed by atoms with van der Waals surface area (Å²) in [6, 6.07) is 0. The van der Waals surface area contributed by atoms with Crippen molar-refractivity contribution in [1.82, 2.24) is 0 Å². The fourth-order valence-corrected chi connectivity index (χ4v) is 2.16. The van der Waals surface area contributed by atoms with Crippen molar-refractivity contribution in [3.8, 4) is 0 Å². The molecule has 0 spiro atoms. The third-order valence-electron chi connectivity index (χ3n) is 3.29. The molecule has 0 saturated carbocycles. The van der Waals surface area contributed by atoms with E-state index in [2.05, 4.69) is 4.74 Å².